The number of hydrogen-bond acceptors (Lipinski definition) is 5. The quantitative estimate of drug-likeness (QED) is 0.586. The number of ether oxygens (including phenoxy) is 1. The molecule has 24 heavy (non-hydrogen) atoms. The molecule has 6 nitrogen and oxygen atoms in total. The zero-order valence-electron chi connectivity index (χ0n) is 13.2. The van der Waals surface area contributed by atoms with Crippen molar-refractivity contribution < 1.29 is 14.1 Å². The van der Waals surface area contributed by atoms with Gasteiger partial charge in [0.05, 0.1) is 23.2 Å². The number of furan rings is 1. The van der Waals surface area contributed by atoms with Crippen molar-refractivity contribution in [1.29, 1.82) is 0 Å². The standard InChI is InChI=1S/C17H19ClN2O4/c18-16-5-3-13(20(21)22)12-15(16)17-6-4-14(24-17)2-1-7-19-8-10-23-11-9-19/h3-6,12H,1-2,7-11H2. The molecule has 0 amide bonds. The number of nitrogens with zero attached hydrogens (tertiary/aromatic N) is 2. The predicted molar refractivity (Wildman–Crippen MR) is 91.4 cm³/mol. The summed E-state index contributed by atoms with van der Waals surface area (Å²) in [6.07, 6.45) is 1.82. The van der Waals surface area contributed by atoms with E-state index >= 15 is 0 Å². The number of non-ortho nitro benzene ring substituents is 1. The average molecular weight is 351 g/mol. The number of morpholine rings is 1. The minimum atomic E-state index is -0.438. The second-order valence-corrected chi connectivity index (χ2v) is 6.15. The minimum Gasteiger partial charge on any atom is -0.461 e. The SMILES string of the molecule is O=[N+]([O-])c1ccc(Cl)c(-c2ccc(CCCN3CCOCC3)o2)c1. The largest absolute Gasteiger partial charge is 0.461 e. The van der Waals surface area contributed by atoms with E-state index in [4.69, 9.17) is 20.8 Å². The van der Waals surface area contributed by atoms with Gasteiger partial charge in [-0.15, -0.1) is 0 Å². The topological polar surface area (TPSA) is 68.8 Å². The van der Waals surface area contributed by atoms with Crippen LogP contribution in [0.2, 0.25) is 5.02 Å². The van der Waals surface area contributed by atoms with E-state index < -0.39 is 4.92 Å². The van der Waals surface area contributed by atoms with E-state index in [-0.39, 0.29) is 5.69 Å². The molecule has 0 bridgehead atoms. The molecule has 0 atom stereocenters. The first kappa shape index (κ1) is 17.0. The Labute approximate surface area is 145 Å². The Kier molecular flexibility index (Phi) is 5.50. The number of nitro groups is 1. The lowest BCUT2D eigenvalue weighted by Crippen LogP contribution is -2.36. The van der Waals surface area contributed by atoms with E-state index in [1.165, 1.54) is 18.2 Å². The fraction of sp³-hybridized carbons (Fsp3) is 0.412. The lowest BCUT2D eigenvalue weighted by molar-refractivity contribution is -0.384. The Balaban J connectivity index is 1.62. The second kappa shape index (κ2) is 7.79. The van der Waals surface area contributed by atoms with Crippen LogP contribution in [0.4, 0.5) is 5.69 Å². The smallest absolute Gasteiger partial charge is 0.270 e. The van der Waals surface area contributed by atoms with E-state index in [0.29, 0.717) is 16.3 Å². The first-order valence-electron chi connectivity index (χ1n) is 7.96. The minimum absolute atomic E-state index is 0.000308. The Bertz CT molecular complexity index is 710. The average Bonchev–Trinajstić information content (AvgIpc) is 3.04. The summed E-state index contributed by atoms with van der Waals surface area (Å²) in [6, 6.07) is 8.07. The fourth-order valence-corrected chi connectivity index (χ4v) is 2.99. The zero-order chi connectivity index (χ0) is 16.9. The third-order valence-electron chi connectivity index (χ3n) is 4.09. The van der Waals surface area contributed by atoms with Crippen LogP contribution in [0.3, 0.4) is 0 Å². The maximum atomic E-state index is 10.9. The Morgan fingerprint density at radius 1 is 1.21 bits per heavy atom. The van der Waals surface area contributed by atoms with Crippen LogP contribution in [0.15, 0.2) is 34.7 Å². The molecule has 1 aliphatic heterocycles. The molecule has 0 N–H and O–H groups in total. The first-order chi connectivity index (χ1) is 11.6. The van der Waals surface area contributed by atoms with Gasteiger partial charge in [0.1, 0.15) is 11.5 Å². The van der Waals surface area contributed by atoms with Crippen LogP contribution in [-0.4, -0.2) is 42.7 Å². The highest BCUT2D eigenvalue weighted by atomic mass is 35.5. The summed E-state index contributed by atoms with van der Waals surface area (Å²) >= 11 is 6.15. The van der Waals surface area contributed by atoms with Crippen molar-refractivity contribution in [2.45, 2.75) is 12.8 Å². The van der Waals surface area contributed by atoms with Crippen molar-refractivity contribution >= 4 is 17.3 Å². The van der Waals surface area contributed by atoms with Gasteiger partial charge in [0.25, 0.3) is 5.69 Å². The third-order valence-corrected chi connectivity index (χ3v) is 4.42. The third kappa shape index (κ3) is 4.14. The number of halogens is 1. The number of benzene rings is 1. The zero-order valence-corrected chi connectivity index (χ0v) is 14.0. The summed E-state index contributed by atoms with van der Waals surface area (Å²) in [6.45, 7) is 4.57. The summed E-state index contributed by atoms with van der Waals surface area (Å²) in [7, 11) is 0. The number of rotatable bonds is 6. The summed E-state index contributed by atoms with van der Waals surface area (Å²) in [5.41, 5.74) is 0.546. The van der Waals surface area contributed by atoms with Crippen LogP contribution in [-0.2, 0) is 11.2 Å². The molecule has 3 rings (SSSR count). The maximum Gasteiger partial charge on any atom is 0.270 e. The van der Waals surface area contributed by atoms with E-state index in [2.05, 4.69) is 4.90 Å². The molecule has 0 aliphatic carbocycles. The van der Waals surface area contributed by atoms with Gasteiger partial charge in [-0.05, 0) is 31.2 Å². The van der Waals surface area contributed by atoms with Gasteiger partial charge in [-0.3, -0.25) is 15.0 Å². The van der Waals surface area contributed by atoms with Gasteiger partial charge in [0.15, 0.2) is 0 Å². The van der Waals surface area contributed by atoms with Gasteiger partial charge in [0.2, 0.25) is 0 Å². The molecule has 128 valence electrons. The maximum absolute atomic E-state index is 10.9. The lowest BCUT2D eigenvalue weighted by Gasteiger charge is -2.26. The molecule has 2 aromatic rings. The lowest BCUT2D eigenvalue weighted by atomic mass is 10.1. The van der Waals surface area contributed by atoms with E-state index in [0.717, 1.165) is 51.4 Å². The highest BCUT2D eigenvalue weighted by Crippen LogP contribution is 2.32. The molecule has 7 heteroatoms. The van der Waals surface area contributed by atoms with Gasteiger partial charge >= 0.3 is 0 Å². The number of nitro benzene ring substituents is 1. The van der Waals surface area contributed by atoms with Crippen molar-refractivity contribution in [3.63, 3.8) is 0 Å². The molecular formula is C17H19ClN2O4. The molecular weight excluding hydrogens is 332 g/mol. The summed E-state index contributed by atoms with van der Waals surface area (Å²) in [4.78, 5) is 12.9. The fourth-order valence-electron chi connectivity index (χ4n) is 2.77. The number of hydrogen-bond donors (Lipinski definition) is 0. The predicted octanol–water partition coefficient (Wildman–Crippen LogP) is 3.77. The molecule has 0 saturated carbocycles. The molecule has 1 aliphatic rings. The van der Waals surface area contributed by atoms with Crippen molar-refractivity contribution in [2.24, 2.45) is 0 Å². The summed E-state index contributed by atoms with van der Waals surface area (Å²) in [5, 5.41) is 11.4. The van der Waals surface area contributed by atoms with Crippen LogP contribution in [0.25, 0.3) is 11.3 Å². The number of aryl methyl sites for hydroxylation is 1. The Morgan fingerprint density at radius 3 is 2.75 bits per heavy atom. The van der Waals surface area contributed by atoms with Crippen molar-refractivity contribution in [1.82, 2.24) is 4.90 Å². The van der Waals surface area contributed by atoms with Crippen LogP contribution < -0.4 is 0 Å². The van der Waals surface area contributed by atoms with Crippen LogP contribution in [0.5, 0.6) is 0 Å². The van der Waals surface area contributed by atoms with Gasteiger partial charge in [-0.25, -0.2) is 0 Å². The molecule has 0 unspecified atom stereocenters. The molecule has 1 saturated heterocycles. The van der Waals surface area contributed by atoms with Gasteiger partial charge in [0, 0.05) is 37.2 Å². The van der Waals surface area contributed by atoms with Crippen LogP contribution in [0.1, 0.15) is 12.2 Å². The van der Waals surface area contributed by atoms with Crippen LogP contribution >= 0.6 is 11.6 Å². The van der Waals surface area contributed by atoms with Gasteiger partial charge in [-0.2, -0.15) is 0 Å². The van der Waals surface area contributed by atoms with Gasteiger partial charge < -0.3 is 9.15 Å². The first-order valence-corrected chi connectivity index (χ1v) is 8.34. The normalized spacial score (nSPS) is 15.5. The molecule has 1 aromatic carbocycles. The van der Waals surface area contributed by atoms with Crippen molar-refractivity contribution in [2.75, 3.05) is 32.8 Å². The molecule has 0 spiro atoms. The van der Waals surface area contributed by atoms with Crippen molar-refractivity contribution in [3.05, 3.63) is 51.2 Å². The molecule has 1 aromatic heterocycles. The Hall–Kier alpha value is -1.89. The van der Waals surface area contributed by atoms with Gasteiger partial charge in [-0.1, -0.05) is 11.6 Å². The summed E-state index contributed by atoms with van der Waals surface area (Å²) < 4.78 is 11.2. The Morgan fingerprint density at radius 2 is 2.00 bits per heavy atom. The highest BCUT2D eigenvalue weighted by molar-refractivity contribution is 6.33. The molecule has 0 radical (unpaired) electrons. The van der Waals surface area contributed by atoms with Crippen molar-refractivity contribution in [3.8, 4) is 11.3 Å². The molecule has 2 heterocycles. The second-order valence-electron chi connectivity index (χ2n) is 5.74. The van der Waals surface area contributed by atoms with E-state index in [1.54, 1.807) is 0 Å². The van der Waals surface area contributed by atoms with Crippen LogP contribution in [0, 0.1) is 10.1 Å². The van der Waals surface area contributed by atoms with E-state index in [9.17, 15) is 10.1 Å². The highest BCUT2D eigenvalue weighted by Gasteiger charge is 2.15. The molecule has 1 fully saturated rings. The summed E-state index contributed by atoms with van der Waals surface area (Å²) in [5.74, 6) is 1.42. The van der Waals surface area contributed by atoms with E-state index in [1.807, 2.05) is 12.1 Å². The monoisotopic (exact) mass is 350 g/mol.